The van der Waals surface area contributed by atoms with E-state index in [-0.39, 0.29) is 0 Å². The largest absolute Gasteiger partial charge is 0.356 e. The summed E-state index contributed by atoms with van der Waals surface area (Å²) in [6.07, 6.45) is 1.73. The van der Waals surface area contributed by atoms with E-state index in [2.05, 4.69) is 16.0 Å². The van der Waals surface area contributed by atoms with Crippen molar-refractivity contribution in [3.63, 3.8) is 0 Å². The van der Waals surface area contributed by atoms with Crippen LogP contribution in [0, 0.1) is 29.1 Å². The number of hydrogen-bond acceptors (Lipinski definition) is 3. The molecule has 0 amide bonds. The van der Waals surface area contributed by atoms with Crippen LogP contribution in [0.1, 0.15) is 0 Å². The maximum atomic E-state index is 8.81. The van der Waals surface area contributed by atoms with Crippen LogP contribution in [-0.4, -0.2) is 18.1 Å². The Morgan fingerprint density at radius 1 is 1.47 bits per heavy atom. The molecule has 3 atom stereocenters. The highest BCUT2D eigenvalue weighted by atomic mass is 35.5. The minimum Gasteiger partial charge on any atom is -0.356 e. The van der Waals surface area contributed by atoms with Gasteiger partial charge in [-0.3, -0.25) is 0 Å². The lowest BCUT2D eigenvalue weighted by Crippen LogP contribution is -2.24. The van der Waals surface area contributed by atoms with Crippen molar-refractivity contribution in [3.05, 3.63) is 23.4 Å². The van der Waals surface area contributed by atoms with Gasteiger partial charge in [0.1, 0.15) is 5.82 Å². The number of fused-ring (bicyclic) bond motifs is 1. The summed E-state index contributed by atoms with van der Waals surface area (Å²) in [6, 6.07) is 6.01. The summed E-state index contributed by atoms with van der Waals surface area (Å²) in [5.41, 5.74) is 0. The maximum absolute atomic E-state index is 8.81. The fourth-order valence-corrected chi connectivity index (χ4v) is 2.63. The fraction of sp³-hybridized carbons (Fsp3) is 0.455. The molecular weight excluding hydrogens is 210 g/mol. The smallest absolute Gasteiger partial charge is 0.129 e. The highest BCUT2D eigenvalue weighted by molar-refractivity contribution is 6.30. The molecule has 2 aliphatic rings. The standard InChI is InChI=1S/C11H10ClN3/c12-7-1-2-14-11(3-7)15-5-9-8(4-13)10(9)6-15/h1-3,8-10H,5-6H2/t8-,9-,10+. The molecule has 2 fully saturated rings. The summed E-state index contributed by atoms with van der Waals surface area (Å²) in [5, 5.41) is 9.53. The number of piperidine rings is 1. The topological polar surface area (TPSA) is 39.9 Å². The van der Waals surface area contributed by atoms with Crippen molar-refractivity contribution in [2.75, 3.05) is 18.0 Å². The van der Waals surface area contributed by atoms with Crippen molar-refractivity contribution in [1.82, 2.24) is 4.98 Å². The van der Waals surface area contributed by atoms with Crippen LogP contribution in [0.25, 0.3) is 0 Å². The van der Waals surface area contributed by atoms with Gasteiger partial charge in [-0.25, -0.2) is 4.98 Å². The van der Waals surface area contributed by atoms with Crippen LogP contribution in [0.15, 0.2) is 18.3 Å². The Morgan fingerprint density at radius 3 is 2.80 bits per heavy atom. The monoisotopic (exact) mass is 219 g/mol. The van der Waals surface area contributed by atoms with Crippen molar-refractivity contribution >= 4 is 17.4 Å². The van der Waals surface area contributed by atoms with Crippen LogP contribution in [0.2, 0.25) is 5.02 Å². The second-order valence-electron chi connectivity index (χ2n) is 4.22. The van der Waals surface area contributed by atoms with Crippen molar-refractivity contribution in [2.24, 2.45) is 17.8 Å². The lowest BCUT2D eigenvalue weighted by atomic mass is 10.3. The van der Waals surface area contributed by atoms with Crippen molar-refractivity contribution in [2.45, 2.75) is 0 Å². The van der Waals surface area contributed by atoms with Gasteiger partial charge in [-0.2, -0.15) is 5.26 Å². The molecule has 1 aromatic rings. The van der Waals surface area contributed by atoms with E-state index in [0.717, 1.165) is 23.9 Å². The summed E-state index contributed by atoms with van der Waals surface area (Å²) in [4.78, 5) is 6.50. The number of anilines is 1. The first-order valence-electron chi connectivity index (χ1n) is 5.05. The zero-order valence-electron chi connectivity index (χ0n) is 8.10. The van der Waals surface area contributed by atoms with Gasteiger partial charge in [0.2, 0.25) is 0 Å². The normalized spacial score (nSPS) is 32.3. The van der Waals surface area contributed by atoms with E-state index in [4.69, 9.17) is 16.9 Å². The molecule has 4 heteroatoms. The van der Waals surface area contributed by atoms with Crippen LogP contribution in [0.5, 0.6) is 0 Å². The molecule has 0 bridgehead atoms. The van der Waals surface area contributed by atoms with E-state index in [1.54, 1.807) is 12.3 Å². The van der Waals surface area contributed by atoms with Gasteiger partial charge in [0.25, 0.3) is 0 Å². The molecule has 0 radical (unpaired) electrons. The second kappa shape index (κ2) is 3.11. The average molecular weight is 220 g/mol. The Morgan fingerprint density at radius 2 is 2.20 bits per heavy atom. The number of rotatable bonds is 1. The van der Waals surface area contributed by atoms with Crippen LogP contribution < -0.4 is 4.90 Å². The first-order valence-corrected chi connectivity index (χ1v) is 5.43. The molecule has 1 aromatic heterocycles. The quantitative estimate of drug-likeness (QED) is 0.725. The summed E-state index contributed by atoms with van der Waals surface area (Å²) < 4.78 is 0. The van der Waals surface area contributed by atoms with Crippen molar-refractivity contribution < 1.29 is 0 Å². The van der Waals surface area contributed by atoms with Crippen LogP contribution in [-0.2, 0) is 0 Å². The molecular formula is C11H10ClN3. The Bertz CT molecular complexity index is 428. The van der Waals surface area contributed by atoms with Crippen LogP contribution in [0.3, 0.4) is 0 Å². The predicted octanol–water partition coefficient (Wildman–Crippen LogP) is 1.94. The molecule has 1 aliphatic carbocycles. The third-order valence-corrected chi connectivity index (χ3v) is 3.61. The van der Waals surface area contributed by atoms with Crippen molar-refractivity contribution in [1.29, 1.82) is 5.26 Å². The molecule has 3 nitrogen and oxygen atoms in total. The number of nitrogens with zero attached hydrogens (tertiary/aromatic N) is 3. The molecule has 0 aromatic carbocycles. The minimum absolute atomic E-state index is 0.292. The molecule has 0 spiro atoms. The Hall–Kier alpha value is -1.27. The van der Waals surface area contributed by atoms with Gasteiger partial charge in [-0.05, 0) is 24.0 Å². The Kier molecular flexibility index (Phi) is 1.86. The third-order valence-electron chi connectivity index (χ3n) is 3.37. The zero-order chi connectivity index (χ0) is 10.4. The number of nitriles is 1. The molecule has 0 N–H and O–H groups in total. The molecule has 76 valence electrons. The van der Waals surface area contributed by atoms with E-state index < -0.39 is 0 Å². The van der Waals surface area contributed by atoms with E-state index >= 15 is 0 Å². The van der Waals surface area contributed by atoms with E-state index in [9.17, 15) is 0 Å². The number of aromatic nitrogens is 1. The van der Waals surface area contributed by atoms with Gasteiger partial charge < -0.3 is 4.90 Å². The van der Waals surface area contributed by atoms with E-state index in [1.165, 1.54) is 0 Å². The summed E-state index contributed by atoms with van der Waals surface area (Å²) in [5.74, 6) is 2.36. The highest BCUT2D eigenvalue weighted by Crippen LogP contribution is 2.51. The van der Waals surface area contributed by atoms with E-state index in [1.807, 2.05) is 6.07 Å². The SMILES string of the molecule is N#C[C@@H]1[C@H]2CN(c3cc(Cl)ccn3)C[C@@H]12. The molecule has 1 saturated heterocycles. The summed E-state index contributed by atoms with van der Waals surface area (Å²) in [6.45, 7) is 1.91. The van der Waals surface area contributed by atoms with E-state index in [0.29, 0.717) is 17.8 Å². The molecule has 1 saturated carbocycles. The highest BCUT2D eigenvalue weighted by Gasteiger charge is 2.56. The van der Waals surface area contributed by atoms with Gasteiger partial charge >= 0.3 is 0 Å². The zero-order valence-corrected chi connectivity index (χ0v) is 8.85. The number of pyridine rings is 1. The van der Waals surface area contributed by atoms with Gasteiger partial charge in [0, 0.05) is 24.3 Å². The number of halogens is 1. The first-order chi connectivity index (χ1) is 7.29. The summed E-state index contributed by atoms with van der Waals surface area (Å²) in [7, 11) is 0. The third kappa shape index (κ3) is 1.37. The lowest BCUT2D eigenvalue weighted by Gasteiger charge is -2.19. The minimum atomic E-state index is 0.292. The second-order valence-corrected chi connectivity index (χ2v) is 4.66. The van der Waals surface area contributed by atoms with Gasteiger partial charge in [0.05, 0.1) is 12.0 Å². The summed E-state index contributed by atoms with van der Waals surface area (Å²) >= 11 is 5.91. The first kappa shape index (κ1) is 8.99. The predicted molar refractivity (Wildman–Crippen MR) is 57.5 cm³/mol. The van der Waals surface area contributed by atoms with Gasteiger partial charge in [0.15, 0.2) is 0 Å². The molecule has 15 heavy (non-hydrogen) atoms. The molecule has 0 unspecified atom stereocenters. The Labute approximate surface area is 93.3 Å². The van der Waals surface area contributed by atoms with Gasteiger partial charge in [-0.15, -0.1) is 0 Å². The maximum Gasteiger partial charge on any atom is 0.129 e. The van der Waals surface area contributed by atoms with Crippen LogP contribution >= 0.6 is 11.6 Å². The van der Waals surface area contributed by atoms with Crippen LogP contribution in [0.4, 0.5) is 5.82 Å². The fourth-order valence-electron chi connectivity index (χ4n) is 2.47. The van der Waals surface area contributed by atoms with Crippen molar-refractivity contribution in [3.8, 4) is 6.07 Å². The lowest BCUT2D eigenvalue weighted by molar-refractivity contribution is 0.736. The molecule has 3 rings (SSSR count). The molecule has 2 heterocycles. The average Bonchev–Trinajstić information content (AvgIpc) is 2.70. The Balaban J connectivity index is 1.75. The van der Waals surface area contributed by atoms with Gasteiger partial charge in [-0.1, -0.05) is 11.6 Å². The number of hydrogen-bond donors (Lipinski definition) is 0. The molecule has 1 aliphatic heterocycles.